The molecule has 0 spiro atoms. The maximum atomic E-state index is 13.1. The van der Waals surface area contributed by atoms with Gasteiger partial charge in [0.25, 0.3) is 0 Å². The Bertz CT molecular complexity index is 989. The first-order valence-corrected chi connectivity index (χ1v) is 16.0. The summed E-state index contributed by atoms with van der Waals surface area (Å²) in [6.07, 6.45) is 5.17. The molecule has 8 heteroatoms. The maximum Gasteiger partial charge on any atom is 0.192 e. The summed E-state index contributed by atoms with van der Waals surface area (Å²) in [5, 5.41) is -0.0204. The lowest BCUT2D eigenvalue weighted by molar-refractivity contribution is -0.172. The third-order valence-electron chi connectivity index (χ3n) is 9.54. The zero-order valence-corrected chi connectivity index (χ0v) is 25.4. The van der Waals surface area contributed by atoms with Crippen LogP contribution >= 0.6 is 0 Å². The number of allylic oxidation sites excluding steroid dienone is 1. The average Bonchev–Trinajstić information content (AvgIpc) is 3.24. The molecule has 0 unspecified atom stereocenters. The van der Waals surface area contributed by atoms with Crippen molar-refractivity contribution in [1.29, 1.82) is 0 Å². The monoisotopic (exact) mass is 534 g/mol. The molecule has 0 N–H and O–H groups in total. The summed E-state index contributed by atoms with van der Waals surface area (Å²) in [6, 6.07) is 0. The van der Waals surface area contributed by atoms with Gasteiger partial charge in [-0.1, -0.05) is 46.8 Å². The van der Waals surface area contributed by atoms with Gasteiger partial charge in [-0.15, -0.1) is 0 Å². The Hall–Kier alpha value is -1.42. The molecule has 1 fully saturated rings. The summed E-state index contributed by atoms with van der Waals surface area (Å²) >= 11 is 0. The lowest BCUT2D eigenvalue weighted by atomic mass is 9.62. The van der Waals surface area contributed by atoms with Crippen molar-refractivity contribution in [2.75, 3.05) is 27.8 Å². The fourth-order valence-corrected chi connectivity index (χ4v) is 7.44. The number of hydrogen-bond acceptors (Lipinski definition) is 7. The average molecular weight is 535 g/mol. The molecule has 3 aliphatic rings. The van der Waals surface area contributed by atoms with Crippen LogP contribution in [0.3, 0.4) is 0 Å². The summed E-state index contributed by atoms with van der Waals surface area (Å²) in [4.78, 5) is 26.0. The van der Waals surface area contributed by atoms with E-state index in [0.717, 1.165) is 17.4 Å². The molecule has 0 aromatic rings. The highest BCUT2D eigenvalue weighted by Crippen LogP contribution is 2.62. The lowest BCUT2D eigenvalue weighted by Crippen LogP contribution is -2.56. The minimum atomic E-state index is -2.22. The molecule has 0 aliphatic heterocycles. The zero-order chi connectivity index (χ0) is 28.0. The van der Waals surface area contributed by atoms with Gasteiger partial charge in [-0.2, -0.15) is 0 Å². The van der Waals surface area contributed by atoms with Gasteiger partial charge in [-0.25, -0.2) is 0 Å². The number of ether oxygens (including phenoxy) is 4. The van der Waals surface area contributed by atoms with Crippen molar-refractivity contribution in [3.63, 3.8) is 0 Å². The van der Waals surface area contributed by atoms with Gasteiger partial charge in [-0.3, -0.25) is 9.59 Å². The second kappa shape index (κ2) is 10.3. The fourth-order valence-electron chi connectivity index (χ4n) is 6.09. The number of ketones is 1. The predicted octanol–water partition coefficient (Wildman–Crippen LogP) is 5.37. The molecular weight excluding hydrogens is 488 g/mol. The predicted molar refractivity (Wildman–Crippen MR) is 145 cm³/mol. The van der Waals surface area contributed by atoms with Crippen LogP contribution in [0.2, 0.25) is 18.1 Å². The molecule has 3 rings (SSSR count). The van der Waals surface area contributed by atoms with E-state index in [1.54, 1.807) is 13.2 Å². The normalized spacial score (nSPS) is 33.4. The van der Waals surface area contributed by atoms with Gasteiger partial charge in [0, 0.05) is 31.0 Å². The molecular formula is C29H46O7Si. The Balaban J connectivity index is 2.19. The second-order valence-corrected chi connectivity index (χ2v) is 17.6. The molecule has 0 amide bonds. The van der Waals surface area contributed by atoms with Crippen LogP contribution in [0.4, 0.5) is 0 Å². The van der Waals surface area contributed by atoms with E-state index in [1.165, 1.54) is 7.11 Å². The van der Waals surface area contributed by atoms with Crippen LogP contribution in [-0.2, 0) is 33.0 Å². The van der Waals surface area contributed by atoms with Gasteiger partial charge >= 0.3 is 0 Å². The van der Waals surface area contributed by atoms with Crippen molar-refractivity contribution in [3.05, 3.63) is 35.5 Å². The Morgan fingerprint density at radius 2 is 1.81 bits per heavy atom. The minimum absolute atomic E-state index is 0.0204. The van der Waals surface area contributed by atoms with Crippen molar-refractivity contribution in [3.8, 4) is 0 Å². The largest absolute Gasteiger partial charge is 0.410 e. The van der Waals surface area contributed by atoms with E-state index in [9.17, 15) is 9.59 Å². The number of hydrogen-bond donors (Lipinski definition) is 0. The van der Waals surface area contributed by atoms with Crippen LogP contribution in [0.25, 0.3) is 0 Å². The molecule has 3 aliphatic carbocycles. The smallest absolute Gasteiger partial charge is 0.192 e. The SMILES string of the molecule is C=C(C1=C[C@H](O[Si](C)(C)C(C)(C)C)C(C)(C)[C@]1(C=O)OCOC)[C@@]12CC[C@@H](C(=O)C=C1C)[C@H]2OCOC. The molecule has 208 valence electrons. The summed E-state index contributed by atoms with van der Waals surface area (Å²) in [5.41, 5.74) is -0.461. The molecule has 7 nitrogen and oxygen atoms in total. The van der Waals surface area contributed by atoms with Crippen LogP contribution in [-0.4, -0.2) is 66.0 Å². The van der Waals surface area contributed by atoms with E-state index in [1.807, 2.05) is 26.8 Å². The maximum absolute atomic E-state index is 13.1. The van der Waals surface area contributed by atoms with E-state index in [0.29, 0.717) is 18.4 Å². The van der Waals surface area contributed by atoms with Gasteiger partial charge in [0.2, 0.25) is 0 Å². The standard InChI is InChI=1S/C29H46O7Si/c1-19-14-23(31)21-12-13-28(19,25(21)34-17-32-8)20(2)22-15-24(36-37(10,11)26(3,4)5)27(6,7)29(22,16-30)35-18-33-9/h14-16,21,24-25H,2,12-13,17-18H2,1,3-11H3/t21-,24-,25+,28+,29+/m0/s1. The van der Waals surface area contributed by atoms with Crippen LogP contribution in [0, 0.1) is 16.7 Å². The first-order chi connectivity index (χ1) is 17.1. The highest BCUT2D eigenvalue weighted by atomic mass is 28.4. The van der Waals surface area contributed by atoms with Crippen molar-refractivity contribution >= 4 is 20.4 Å². The zero-order valence-electron chi connectivity index (χ0n) is 24.4. The molecule has 0 aromatic heterocycles. The number of carbonyl (C=O) groups excluding carboxylic acids is 2. The first-order valence-electron chi connectivity index (χ1n) is 13.1. The molecule has 37 heavy (non-hydrogen) atoms. The summed E-state index contributed by atoms with van der Waals surface area (Å²) in [5.74, 6) is -0.216. The Labute approximate surface area is 223 Å². The van der Waals surface area contributed by atoms with Gasteiger partial charge < -0.3 is 23.4 Å². The Kier molecular flexibility index (Phi) is 8.37. The molecule has 5 atom stereocenters. The number of fused-ring (bicyclic) bond motifs is 2. The molecule has 2 bridgehead atoms. The Morgan fingerprint density at radius 3 is 2.35 bits per heavy atom. The highest BCUT2D eigenvalue weighted by Gasteiger charge is 2.64. The van der Waals surface area contributed by atoms with Crippen LogP contribution < -0.4 is 0 Å². The van der Waals surface area contributed by atoms with Gasteiger partial charge in [0.15, 0.2) is 26.0 Å². The molecule has 0 heterocycles. The third kappa shape index (κ3) is 4.57. The number of aldehydes is 1. The fraction of sp³-hybridized carbons (Fsp3) is 0.724. The van der Waals surface area contributed by atoms with Crippen LogP contribution in [0.15, 0.2) is 35.5 Å². The van der Waals surface area contributed by atoms with E-state index in [2.05, 4.69) is 40.4 Å². The second-order valence-electron chi connectivity index (χ2n) is 12.8. The van der Waals surface area contributed by atoms with Crippen LogP contribution in [0.1, 0.15) is 54.4 Å². The summed E-state index contributed by atoms with van der Waals surface area (Å²) in [7, 11) is 0.890. The quantitative estimate of drug-likeness (QED) is 0.200. The van der Waals surface area contributed by atoms with Crippen molar-refractivity contribution in [2.45, 2.75) is 90.3 Å². The Morgan fingerprint density at radius 1 is 1.19 bits per heavy atom. The number of carbonyl (C=O) groups is 2. The first kappa shape index (κ1) is 30.1. The number of rotatable bonds is 11. The van der Waals surface area contributed by atoms with Gasteiger partial charge in [0.1, 0.15) is 13.6 Å². The lowest BCUT2D eigenvalue weighted by Gasteiger charge is -2.48. The number of methoxy groups -OCH3 is 2. The molecule has 0 aromatic carbocycles. The molecule has 0 radical (unpaired) electrons. The summed E-state index contributed by atoms with van der Waals surface area (Å²) < 4.78 is 29.9. The van der Waals surface area contributed by atoms with Crippen molar-refractivity contribution in [1.82, 2.24) is 0 Å². The topological polar surface area (TPSA) is 80.3 Å². The van der Waals surface area contributed by atoms with E-state index < -0.39 is 30.9 Å². The van der Waals surface area contributed by atoms with E-state index in [-0.39, 0.29) is 36.4 Å². The molecule has 0 saturated heterocycles. The van der Waals surface area contributed by atoms with Crippen molar-refractivity contribution < 1.29 is 33.0 Å². The minimum Gasteiger partial charge on any atom is -0.410 e. The van der Waals surface area contributed by atoms with Crippen molar-refractivity contribution in [2.24, 2.45) is 16.7 Å². The summed E-state index contributed by atoms with van der Waals surface area (Å²) in [6.45, 7) is 21.6. The third-order valence-corrected chi connectivity index (χ3v) is 14.0. The van der Waals surface area contributed by atoms with Gasteiger partial charge in [-0.05, 0) is 61.2 Å². The van der Waals surface area contributed by atoms with Gasteiger partial charge in [0.05, 0.1) is 12.2 Å². The van der Waals surface area contributed by atoms with E-state index in [4.69, 9.17) is 23.4 Å². The van der Waals surface area contributed by atoms with Crippen LogP contribution in [0.5, 0.6) is 0 Å². The molecule has 1 saturated carbocycles. The highest BCUT2D eigenvalue weighted by molar-refractivity contribution is 6.74. The van der Waals surface area contributed by atoms with E-state index >= 15 is 0 Å².